The van der Waals surface area contributed by atoms with Crippen molar-refractivity contribution in [1.82, 2.24) is 0 Å². The predicted octanol–water partition coefficient (Wildman–Crippen LogP) is 4.35. The van der Waals surface area contributed by atoms with E-state index in [1.807, 2.05) is 0 Å². The van der Waals surface area contributed by atoms with Gasteiger partial charge in [-0.25, -0.2) is 16.8 Å². The lowest BCUT2D eigenvalue weighted by atomic mass is 10.2. The highest BCUT2D eigenvalue weighted by molar-refractivity contribution is 7.93. The third kappa shape index (κ3) is 6.93. The molecule has 0 radical (unpaired) electrons. The van der Waals surface area contributed by atoms with Gasteiger partial charge in [0, 0.05) is 17.4 Å². The highest BCUT2D eigenvalue weighted by atomic mass is 32.2. The van der Waals surface area contributed by atoms with E-state index < -0.39 is 32.5 Å². The quantitative estimate of drug-likeness (QED) is 0.241. The Morgan fingerprint density at radius 3 is 1.90 bits per heavy atom. The second-order valence-electron chi connectivity index (χ2n) is 8.77. The number of carbonyl (C=O) groups excluding carboxylic acids is 1. The van der Waals surface area contributed by atoms with Gasteiger partial charge >= 0.3 is 0 Å². The van der Waals surface area contributed by atoms with Crippen LogP contribution in [0, 0.1) is 0 Å². The Kier molecular flexibility index (Phi) is 9.23. The van der Waals surface area contributed by atoms with Crippen LogP contribution in [0.1, 0.15) is 0 Å². The normalized spacial score (nSPS) is 11.3. The standard InChI is InChI=1S/C29H29N3O8S2/c1-38-24-14-9-22(10-15-24)31-41(34,35)25-16-11-21(12-17-25)30-29(33)20-32(42(36,37)26-7-5-4-6-8-26)23-13-18-27(39-2)28(19-23)40-3/h4-19,31H,20H2,1-3H3,(H,30,33). The van der Waals surface area contributed by atoms with Crippen molar-refractivity contribution >= 4 is 43.0 Å². The van der Waals surface area contributed by atoms with E-state index in [2.05, 4.69) is 10.0 Å². The van der Waals surface area contributed by atoms with Crippen LogP contribution in [0.2, 0.25) is 0 Å². The topological polar surface area (TPSA) is 140 Å². The lowest BCUT2D eigenvalue weighted by Gasteiger charge is -2.25. The molecule has 0 atom stereocenters. The van der Waals surface area contributed by atoms with Crippen LogP contribution in [-0.4, -0.2) is 50.6 Å². The number of hydrogen-bond acceptors (Lipinski definition) is 8. The van der Waals surface area contributed by atoms with Crippen LogP contribution in [0.15, 0.2) is 107 Å². The van der Waals surface area contributed by atoms with Gasteiger partial charge in [-0.2, -0.15) is 0 Å². The molecule has 4 aromatic carbocycles. The molecule has 1 amide bonds. The van der Waals surface area contributed by atoms with Gasteiger partial charge in [-0.05, 0) is 72.8 Å². The van der Waals surface area contributed by atoms with Crippen molar-refractivity contribution < 1.29 is 35.8 Å². The zero-order valence-corrected chi connectivity index (χ0v) is 24.6. The first-order chi connectivity index (χ1) is 20.1. The fourth-order valence-corrected chi connectivity index (χ4v) is 6.43. The molecule has 0 saturated heterocycles. The van der Waals surface area contributed by atoms with E-state index in [0.29, 0.717) is 17.2 Å². The number of carbonyl (C=O) groups is 1. The van der Waals surface area contributed by atoms with Crippen molar-refractivity contribution in [2.45, 2.75) is 9.79 Å². The minimum Gasteiger partial charge on any atom is -0.497 e. The maximum atomic E-state index is 13.6. The van der Waals surface area contributed by atoms with E-state index in [0.717, 1.165) is 4.31 Å². The molecule has 0 spiro atoms. The van der Waals surface area contributed by atoms with Crippen molar-refractivity contribution in [3.8, 4) is 17.2 Å². The highest BCUT2D eigenvalue weighted by Crippen LogP contribution is 2.34. The monoisotopic (exact) mass is 611 g/mol. The van der Waals surface area contributed by atoms with Crippen LogP contribution in [-0.2, 0) is 24.8 Å². The number of sulfonamides is 2. The molecule has 0 aliphatic heterocycles. The van der Waals surface area contributed by atoms with Crippen LogP contribution >= 0.6 is 0 Å². The number of ether oxygens (including phenoxy) is 3. The lowest BCUT2D eigenvalue weighted by Crippen LogP contribution is -2.38. The fraction of sp³-hybridized carbons (Fsp3) is 0.138. The van der Waals surface area contributed by atoms with Crippen molar-refractivity contribution in [3.63, 3.8) is 0 Å². The molecule has 2 N–H and O–H groups in total. The van der Waals surface area contributed by atoms with Gasteiger partial charge in [-0.15, -0.1) is 0 Å². The van der Waals surface area contributed by atoms with Gasteiger partial charge in [0.05, 0.1) is 36.8 Å². The van der Waals surface area contributed by atoms with Crippen molar-refractivity contribution in [2.24, 2.45) is 0 Å². The van der Waals surface area contributed by atoms with Gasteiger partial charge in [0.2, 0.25) is 5.91 Å². The third-order valence-electron chi connectivity index (χ3n) is 6.06. The van der Waals surface area contributed by atoms with Crippen molar-refractivity contribution in [1.29, 1.82) is 0 Å². The van der Waals surface area contributed by atoms with Gasteiger partial charge < -0.3 is 19.5 Å². The van der Waals surface area contributed by atoms with E-state index in [9.17, 15) is 21.6 Å². The van der Waals surface area contributed by atoms with Gasteiger partial charge in [-0.1, -0.05) is 18.2 Å². The van der Waals surface area contributed by atoms with E-state index in [1.54, 1.807) is 48.5 Å². The molecule has 4 aromatic rings. The smallest absolute Gasteiger partial charge is 0.264 e. The maximum Gasteiger partial charge on any atom is 0.264 e. The first kappa shape index (κ1) is 30.2. The molecule has 0 saturated carbocycles. The number of nitrogens with one attached hydrogen (secondary N) is 2. The molecule has 0 heterocycles. The molecule has 0 fully saturated rings. The summed E-state index contributed by atoms with van der Waals surface area (Å²) in [4.78, 5) is 13.1. The van der Waals surface area contributed by atoms with E-state index in [-0.39, 0.29) is 26.9 Å². The van der Waals surface area contributed by atoms with Crippen LogP contribution in [0.4, 0.5) is 17.1 Å². The minimum atomic E-state index is -4.17. The molecule has 0 aromatic heterocycles. The van der Waals surface area contributed by atoms with Crippen LogP contribution < -0.4 is 28.6 Å². The van der Waals surface area contributed by atoms with Gasteiger partial charge in [0.1, 0.15) is 12.3 Å². The number of benzene rings is 4. The number of nitrogens with zero attached hydrogens (tertiary/aromatic N) is 1. The zero-order valence-electron chi connectivity index (χ0n) is 23.0. The molecule has 0 aliphatic rings. The SMILES string of the molecule is COc1ccc(NS(=O)(=O)c2ccc(NC(=O)CN(c3ccc(OC)c(OC)c3)S(=O)(=O)c3ccccc3)cc2)cc1. The van der Waals surface area contributed by atoms with E-state index in [4.69, 9.17) is 14.2 Å². The average Bonchev–Trinajstić information content (AvgIpc) is 3.00. The summed E-state index contributed by atoms with van der Waals surface area (Å²) in [5.41, 5.74) is 0.800. The Hall–Kier alpha value is -4.75. The molecular formula is C29H29N3O8S2. The number of rotatable bonds is 12. The largest absolute Gasteiger partial charge is 0.497 e. The number of methoxy groups -OCH3 is 3. The second-order valence-corrected chi connectivity index (χ2v) is 12.3. The van der Waals surface area contributed by atoms with Gasteiger partial charge in [0.25, 0.3) is 20.0 Å². The minimum absolute atomic E-state index is 0.00787. The molecule has 0 unspecified atom stereocenters. The number of amides is 1. The average molecular weight is 612 g/mol. The van der Waals surface area contributed by atoms with E-state index >= 15 is 0 Å². The van der Waals surface area contributed by atoms with Crippen molar-refractivity contribution in [2.75, 3.05) is 42.2 Å². The molecule has 11 nitrogen and oxygen atoms in total. The Balaban J connectivity index is 1.54. The molecule has 42 heavy (non-hydrogen) atoms. The zero-order chi connectivity index (χ0) is 30.3. The molecule has 13 heteroatoms. The summed E-state index contributed by atoms with van der Waals surface area (Å²) in [6, 6.07) is 24.1. The number of hydrogen-bond donors (Lipinski definition) is 2. The van der Waals surface area contributed by atoms with Crippen LogP contribution in [0.5, 0.6) is 17.2 Å². The Bertz CT molecular complexity index is 1750. The second kappa shape index (κ2) is 12.8. The summed E-state index contributed by atoms with van der Waals surface area (Å²) in [5, 5.41) is 2.63. The van der Waals surface area contributed by atoms with Crippen LogP contribution in [0.25, 0.3) is 0 Å². The van der Waals surface area contributed by atoms with E-state index in [1.165, 1.54) is 69.9 Å². The molecular weight excluding hydrogens is 582 g/mol. The van der Waals surface area contributed by atoms with Gasteiger partial charge in [0.15, 0.2) is 11.5 Å². The highest BCUT2D eigenvalue weighted by Gasteiger charge is 2.28. The summed E-state index contributed by atoms with van der Waals surface area (Å²) in [5.74, 6) is 0.596. The van der Waals surface area contributed by atoms with Crippen molar-refractivity contribution in [3.05, 3.63) is 97.1 Å². The maximum absolute atomic E-state index is 13.6. The first-order valence-corrected chi connectivity index (χ1v) is 15.4. The molecule has 0 bridgehead atoms. The summed E-state index contributed by atoms with van der Waals surface area (Å²) in [6.07, 6.45) is 0. The molecule has 0 aliphatic carbocycles. The molecule has 4 rings (SSSR count). The summed E-state index contributed by atoms with van der Waals surface area (Å²) in [7, 11) is -3.69. The van der Waals surface area contributed by atoms with Crippen LogP contribution in [0.3, 0.4) is 0 Å². The Labute approximate surface area is 244 Å². The summed E-state index contributed by atoms with van der Waals surface area (Å²) in [6.45, 7) is -0.578. The summed E-state index contributed by atoms with van der Waals surface area (Å²) >= 11 is 0. The Morgan fingerprint density at radius 2 is 1.31 bits per heavy atom. The summed E-state index contributed by atoms with van der Waals surface area (Å²) < 4.78 is 71.9. The van der Waals surface area contributed by atoms with Gasteiger partial charge in [-0.3, -0.25) is 13.8 Å². The number of anilines is 3. The lowest BCUT2D eigenvalue weighted by molar-refractivity contribution is -0.114. The molecule has 220 valence electrons. The third-order valence-corrected chi connectivity index (χ3v) is 9.25. The fourth-order valence-electron chi connectivity index (χ4n) is 3.94. The Morgan fingerprint density at radius 1 is 0.690 bits per heavy atom. The first-order valence-electron chi connectivity index (χ1n) is 12.4. The predicted molar refractivity (Wildman–Crippen MR) is 159 cm³/mol.